The van der Waals surface area contributed by atoms with Crippen molar-refractivity contribution in [3.05, 3.63) is 107 Å². The average molecular weight is 416 g/mol. The Kier molecular flexibility index (Phi) is 6.77. The van der Waals surface area contributed by atoms with Gasteiger partial charge in [0.1, 0.15) is 0 Å². The molecular weight excluding hydrogens is 386 g/mol. The van der Waals surface area contributed by atoms with Gasteiger partial charge in [-0.05, 0) is 35.8 Å². The molecule has 0 radical (unpaired) electrons. The quantitative estimate of drug-likeness (QED) is 0.605. The lowest BCUT2D eigenvalue weighted by molar-refractivity contribution is 0.149. The van der Waals surface area contributed by atoms with Crippen LogP contribution >= 0.6 is 12.2 Å². The third-order valence-corrected chi connectivity index (χ3v) is 6.16. The van der Waals surface area contributed by atoms with Crippen molar-refractivity contribution >= 4 is 17.3 Å². The van der Waals surface area contributed by atoms with Gasteiger partial charge in [0, 0.05) is 32.7 Å². The number of thiocarbonyl (C=S) groups is 1. The first-order valence-corrected chi connectivity index (χ1v) is 11.0. The van der Waals surface area contributed by atoms with Crippen molar-refractivity contribution in [1.82, 2.24) is 15.1 Å². The molecule has 3 aromatic rings. The zero-order valence-corrected chi connectivity index (χ0v) is 18.3. The van der Waals surface area contributed by atoms with Crippen molar-refractivity contribution in [2.24, 2.45) is 0 Å². The number of rotatable bonds is 5. The molecule has 1 heterocycles. The summed E-state index contributed by atoms with van der Waals surface area (Å²) in [6.45, 7) is 6.74. The summed E-state index contributed by atoms with van der Waals surface area (Å²) in [6, 6.07) is 30.5. The molecule has 1 aliphatic heterocycles. The molecule has 30 heavy (non-hydrogen) atoms. The molecule has 1 aliphatic rings. The van der Waals surface area contributed by atoms with Gasteiger partial charge in [-0.25, -0.2) is 0 Å². The Morgan fingerprint density at radius 1 is 0.800 bits per heavy atom. The van der Waals surface area contributed by atoms with E-state index in [-0.39, 0.29) is 6.04 Å². The van der Waals surface area contributed by atoms with Crippen molar-refractivity contribution in [3.63, 3.8) is 0 Å². The zero-order valence-electron chi connectivity index (χ0n) is 17.5. The van der Waals surface area contributed by atoms with Gasteiger partial charge < -0.3 is 10.2 Å². The molecule has 154 valence electrons. The maximum absolute atomic E-state index is 5.69. The highest BCUT2D eigenvalue weighted by molar-refractivity contribution is 7.80. The molecule has 3 nitrogen and oxygen atoms in total. The summed E-state index contributed by atoms with van der Waals surface area (Å²) in [5, 5.41) is 4.29. The lowest BCUT2D eigenvalue weighted by atomic mass is 9.96. The topological polar surface area (TPSA) is 18.5 Å². The van der Waals surface area contributed by atoms with Gasteiger partial charge in [-0.3, -0.25) is 4.90 Å². The number of benzene rings is 3. The van der Waals surface area contributed by atoms with Crippen molar-refractivity contribution < 1.29 is 0 Å². The van der Waals surface area contributed by atoms with Crippen LogP contribution in [0.2, 0.25) is 0 Å². The molecule has 4 rings (SSSR count). The second kappa shape index (κ2) is 9.88. The van der Waals surface area contributed by atoms with Crippen LogP contribution in [0, 0.1) is 6.92 Å². The van der Waals surface area contributed by atoms with Crippen LogP contribution in [-0.4, -0.2) is 41.1 Å². The summed E-state index contributed by atoms with van der Waals surface area (Å²) in [7, 11) is 0. The van der Waals surface area contributed by atoms with Crippen molar-refractivity contribution in [2.75, 3.05) is 26.2 Å². The lowest BCUT2D eigenvalue weighted by Crippen LogP contribution is -2.52. The molecular formula is C26H29N3S. The molecule has 3 aromatic carbocycles. The summed E-state index contributed by atoms with van der Waals surface area (Å²) in [4.78, 5) is 4.87. The highest BCUT2D eigenvalue weighted by Gasteiger charge is 2.27. The maximum atomic E-state index is 5.69. The molecule has 0 unspecified atom stereocenters. The van der Waals surface area contributed by atoms with Gasteiger partial charge in [0.05, 0.1) is 6.04 Å². The molecule has 1 saturated heterocycles. The van der Waals surface area contributed by atoms with E-state index in [9.17, 15) is 0 Å². The van der Waals surface area contributed by atoms with E-state index < -0.39 is 0 Å². The second-order valence-electron chi connectivity index (χ2n) is 7.89. The molecule has 0 aliphatic carbocycles. The van der Waals surface area contributed by atoms with Crippen molar-refractivity contribution in [2.45, 2.75) is 19.5 Å². The number of hydrogen-bond acceptors (Lipinski definition) is 2. The van der Waals surface area contributed by atoms with E-state index in [4.69, 9.17) is 12.2 Å². The molecule has 0 spiro atoms. The van der Waals surface area contributed by atoms with E-state index in [1.807, 2.05) is 0 Å². The summed E-state index contributed by atoms with van der Waals surface area (Å²) >= 11 is 5.69. The van der Waals surface area contributed by atoms with Crippen LogP contribution in [0.3, 0.4) is 0 Å². The van der Waals surface area contributed by atoms with E-state index in [0.717, 1.165) is 37.8 Å². The molecule has 1 N–H and O–H groups in total. The molecule has 0 atom stereocenters. The zero-order chi connectivity index (χ0) is 20.8. The molecule has 4 heteroatoms. The van der Waals surface area contributed by atoms with Gasteiger partial charge in [-0.2, -0.15) is 0 Å². The van der Waals surface area contributed by atoms with Crippen LogP contribution < -0.4 is 5.32 Å². The van der Waals surface area contributed by atoms with E-state index in [1.165, 1.54) is 22.3 Å². The van der Waals surface area contributed by atoms with Crippen molar-refractivity contribution in [1.29, 1.82) is 0 Å². The largest absolute Gasteiger partial charge is 0.358 e. The van der Waals surface area contributed by atoms with Crippen LogP contribution in [-0.2, 0) is 6.54 Å². The average Bonchev–Trinajstić information content (AvgIpc) is 2.81. The highest BCUT2D eigenvalue weighted by atomic mass is 32.1. The van der Waals surface area contributed by atoms with E-state index in [2.05, 4.69) is 107 Å². The summed E-state index contributed by atoms with van der Waals surface area (Å²) in [5.74, 6) is 0. The minimum absolute atomic E-state index is 0.281. The van der Waals surface area contributed by atoms with Crippen LogP contribution in [0.15, 0.2) is 84.9 Å². The Bertz CT molecular complexity index is 894. The standard InChI is InChI=1S/C26H29N3S/c1-21-12-14-22(15-13-21)20-27-26(30)29-18-16-28(17-19-29)25(23-8-4-2-5-9-23)24-10-6-3-7-11-24/h2-15,25H,16-20H2,1H3,(H,27,30). The number of piperazine rings is 1. The second-order valence-corrected chi connectivity index (χ2v) is 8.28. The Morgan fingerprint density at radius 3 is 1.87 bits per heavy atom. The van der Waals surface area contributed by atoms with Crippen molar-refractivity contribution in [3.8, 4) is 0 Å². The Labute approximate surface area is 185 Å². The fraction of sp³-hybridized carbons (Fsp3) is 0.269. The fourth-order valence-corrected chi connectivity index (χ4v) is 4.32. The van der Waals surface area contributed by atoms with Gasteiger partial charge >= 0.3 is 0 Å². The van der Waals surface area contributed by atoms with Crippen LogP contribution in [0.4, 0.5) is 0 Å². The fourth-order valence-electron chi connectivity index (χ4n) is 4.06. The minimum Gasteiger partial charge on any atom is -0.358 e. The first-order chi connectivity index (χ1) is 14.7. The molecule has 0 bridgehead atoms. The lowest BCUT2D eigenvalue weighted by Gasteiger charge is -2.40. The summed E-state index contributed by atoms with van der Waals surface area (Å²) < 4.78 is 0. The predicted molar refractivity (Wildman–Crippen MR) is 128 cm³/mol. The maximum Gasteiger partial charge on any atom is 0.169 e. The van der Waals surface area contributed by atoms with E-state index in [0.29, 0.717) is 0 Å². The molecule has 1 fully saturated rings. The van der Waals surface area contributed by atoms with Crippen LogP contribution in [0.25, 0.3) is 0 Å². The summed E-state index contributed by atoms with van der Waals surface area (Å²) in [5.41, 5.74) is 5.23. The number of hydrogen-bond donors (Lipinski definition) is 1. The third-order valence-electron chi connectivity index (χ3n) is 5.76. The van der Waals surface area contributed by atoms with Gasteiger partial charge in [-0.15, -0.1) is 0 Å². The Morgan fingerprint density at radius 2 is 1.33 bits per heavy atom. The number of nitrogens with one attached hydrogen (secondary N) is 1. The first-order valence-electron chi connectivity index (χ1n) is 10.6. The smallest absolute Gasteiger partial charge is 0.169 e. The predicted octanol–water partition coefficient (Wildman–Crippen LogP) is 4.78. The SMILES string of the molecule is Cc1ccc(CNC(=S)N2CCN(C(c3ccccc3)c3ccccc3)CC2)cc1. The number of aryl methyl sites for hydroxylation is 1. The first kappa shape index (κ1) is 20.6. The third kappa shape index (κ3) is 5.07. The Balaban J connectivity index is 1.38. The molecule has 0 amide bonds. The minimum atomic E-state index is 0.281. The van der Waals surface area contributed by atoms with Gasteiger partial charge in [0.15, 0.2) is 5.11 Å². The molecule has 0 aromatic heterocycles. The molecule has 0 saturated carbocycles. The number of nitrogens with zero attached hydrogens (tertiary/aromatic N) is 2. The summed E-state index contributed by atoms with van der Waals surface area (Å²) in [6.07, 6.45) is 0. The van der Waals surface area contributed by atoms with Gasteiger partial charge in [0.25, 0.3) is 0 Å². The monoisotopic (exact) mass is 415 g/mol. The van der Waals surface area contributed by atoms with Crippen LogP contribution in [0.5, 0.6) is 0 Å². The van der Waals surface area contributed by atoms with Crippen LogP contribution in [0.1, 0.15) is 28.3 Å². The highest BCUT2D eigenvalue weighted by Crippen LogP contribution is 2.29. The van der Waals surface area contributed by atoms with Gasteiger partial charge in [-0.1, -0.05) is 90.5 Å². The van der Waals surface area contributed by atoms with Gasteiger partial charge in [0.2, 0.25) is 0 Å². The van der Waals surface area contributed by atoms with E-state index >= 15 is 0 Å². The Hall–Kier alpha value is -2.69. The normalized spacial score (nSPS) is 14.7. The van der Waals surface area contributed by atoms with E-state index in [1.54, 1.807) is 0 Å².